The van der Waals surface area contributed by atoms with E-state index in [4.69, 9.17) is 32.7 Å². The molecule has 1 aliphatic carbocycles. The first-order valence-electron chi connectivity index (χ1n) is 11.9. The molecule has 3 aromatic rings. The van der Waals surface area contributed by atoms with Crippen LogP contribution in [0.4, 0.5) is 0 Å². The van der Waals surface area contributed by atoms with Gasteiger partial charge in [0, 0.05) is 28.7 Å². The number of nitrogens with zero attached hydrogens (tertiary/aromatic N) is 1. The molecule has 2 heterocycles. The van der Waals surface area contributed by atoms with E-state index in [1.165, 1.54) is 20.3 Å². The van der Waals surface area contributed by atoms with Crippen molar-refractivity contribution in [1.29, 1.82) is 0 Å². The van der Waals surface area contributed by atoms with Gasteiger partial charge in [0.15, 0.2) is 11.5 Å². The molecule has 0 radical (unpaired) electrons. The highest BCUT2D eigenvalue weighted by atomic mass is 35.5. The van der Waals surface area contributed by atoms with E-state index in [0.717, 1.165) is 48.6 Å². The van der Waals surface area contributed by atoms with E-state index in [-0.39, 0.29) is 38.7 Å². The standard InChI is InChI=1S/C27H26Cl2N2O5/c1-35-25-16(12-18(28)26(36-2)21(25)29)23(32)20-22(17-13-30-19-11-7-6-10-15(17)19)31(27(34)24(20)33)14-8-4-3-5-9-14/h6-7,10-14,22,30,32H,3-5,8-9H2,1-2H3/b23-20+. The fraction of sp³-hybridized carbons (Fsp3) is 0.333. The summed E-state index contributed by atoms with van der Waals surface area (Å²) in [5, 5.41) is 12.7. The van der Waals surface area contributed by atoms with Gasteiger partial charge in [0.25, 0.3) is 11.7 Å². The Labute approximate surface area is 218 Å². The number of halogens is 2. The molecule has 1 unspecified atom stereocenters. The molecule has 7 nitrogen and oxygen atoms in total. The Morgan fingerprint density at radius 1 is 1.06 bits per heavy atom. The Hall–Kier alpha value is -3.16. The van der Waals surface area contributed by atoms with Crippen LogP contribution in [0.3, 0.4) is 0 Å². The van der Waals surface area contributed by atoms with E-state index in [0.29, 0.717) is 0 Å². The summed E-state index contributed by atoms with van der Waals surface area (Å²) in [5.74, 6) is -1.49. The lowest BCUT2D eigenvalue weighted by Gasteiger charge is -2.35. The molecule has 36 heavy (non-hydrogen) atoms. The van der Waals surface area contributed by atoms with Crippen LogP contribution in [0.2, 0.25) is 10.0 Å². The number of carbonyl (C=O) groups is 2. The zero-order valence-corrected chi connectivity index (χ0v) is 21.4. The Kier molecular flexibility index (Phi) is 6.62. The van der Waals surface area contributed by atoms with Crippen molar-refractivity contribution in [3.05, 3.63) is 63.3 Å². The number of para-hydroxylation sites is 1. The number of likely N-dealkylation sites (tertiary alicyclic amines) is 1. The van der Waals surface area contributed by atoms with Gasteiger partial charge in [0.2, 0.25) is 0 Å². The van der Waals surface area contributed by atoms with Gasteiger partial charge in [-0.2, -0.15) is 0 Å². The number of aliphatic hydroxyl groups excluding tert-OH is 1. The lowest BCUT2D eigenvalue weighted by molar-refractivity contribution is -0.141. The van der Waals surface area contributed by atoms with Crippen molar-refractivity contribution in [3.8, 4) is 11.5 Å². The number of hydrogen-bond acceptors (Lipinski definition) is 5. The molecular formula is C27H26Cl2N2O5. The zero-order chi connectivity index (χ0) is 25.6. The Morgan fingerprint density at radius 3 is 2.44 bits per heavy atom. The molecule has 0 bridgehead atoms. The SMILES string of the molecule is COc1c(Cl)cc(/C(O)=C2\C(=O)C(=O)N(C3CCCCC3)C2c2c[nH]c3ccccc23)c(OC)c1Cl. The average Bonchev–Trinajstić information content (AvgIpc) is 3.42. The quantitative estimate of drug-likeness (QED) is 0.232. The number of benzene rings is 2. The number of carbonyl (C=O) groups excluding carboxylic acids is 2. The number of aromatic nitrogens is 1. The monoisotopic (exact) mass is 528 g/mol. The Bertz CT molecular complexity index is 1390. The molecule has 2 aromatic carbocycles. The molecule has 1 aromatic heterocycles. The summed E-state index contributed by atoms with van der Waals surface area (Å²) in [7, 11) is 2.81. The van der Waals surface area contributed by atoms with Crippen molar-refractivity contribution in [2.75, 3.05) is 14.2 Å². The topological polar surface area (TPSA) is 91.9 Å². The molecule has 1 amide bonds. The van der Waals surface area contributed by atoms with E-state index < -0.39 is 23.5 Å². The van der Waals surface area contributed by atoms with Crippen molar-refractivity contribution in [2.24, 2.45) is 0 Å². The third kappa shape index (κ3) is 3.82. The molecular weight excluding hydrogens is 503 g/mol. The molecule has 2 fully saturated rings. The minimum atomic E-state index is -0.784. The number of aliphatic hydroxyl groups is 1. The molecule has 1 atom stereocenters. The normalized spacial score (nSPS) is 20.3. The number of amides is 1. The summed E-state index contributed by atoms with van der Waals surface area (Å²) in [4.78, 5) is 31.9. The fourth-order valence-electron chi connectivity index (χ4n) is 5.50. The minimum absolute atomic E-state index is 0.0223. The Balaban J connectivity index is 1.77. The van der Waals surface area contributed by atoms with Crippen molar-refractivity contribution in [3.63, 3.8) is 0 Å². The fourth-order valence-corrected chi connectivity index (χ4v) is 6.19. The van der Waals surface area contributed by atoms with Crippen LogP contribution in [-0.4, -0.2) is 46.9 Å². The van der Waals surface area contributed by atoms with Crippen molar-refractivity contribution in [1.82, 2.24) is 9.88 Å². The first-order valence-corrected chi connectivity index (χ1v) is 12.6. The number of rotatable bonds is 5. The lowest BCUT2D eigenvalue weighted by atomic mass is 9.90. The lowest BCUT2D eigenvalue weighted by Crippen LogP contribution is -2.40. The molecule has 2 N–H and O–H groups in total. The summed E-state index contributed by atoms with van der Waals surface area (Å²) >= 11 is 12.8. The second kappa shape index (κ2) is 9.71. The number of ketones is 1. The summed E-state index contributed by atoms with van der Waals surface area (Å²) in [6.07, 6.45) is 6.45. The maximum Gasteiger partial charge on any atom is 0.295 e. The number of fused-ring (bicyclic) bond motifs is 1. The van der Waals surface area contributed by atoms with Gasteiger partial charge in [-0.1, -0.05) is 60.7 Å². The summed E-state index contributed by atoms with van der Waals surface area (Å²) in [6, 6.07) is 8.21. The highest BCUT2D eigenvalue weighted by molar-refractivity contribution is 6.47. The predicted molar refractivity (Wildman–Crippen MR) is 139 cm³/mol. The summed E-state index contributed by atoms with van der Waals surface area (Å²) in [5.41, 5.74) is 1.70. The first-order chi connectivity index (χ1) is 17.4. The van der Waals surface area contributed by atoms with Crippen LogP contribution in [0.15, 0.2) is 42.1 Å². The average molecular weight is 529 g/mol. The van der Waals surface area contributed by atoms with Gasteiger partial charge >= 0.3 is 0 Å². The molecule has 9 heteroatoms. The van der Waals surface area contributed by atoms with Gasteiger partial charge in [0.1, 0.15) is 10.8 Å². The molecule has 2 aliphatic rings. The summed E-state index contributed by atoms with van der Waals surface area (Å²) < 4.78 is 10.7. The molecule has 1 saturated heterocycles. The van der Waals surface area contributed by atoms with Crippen molar-refractivity contribution < 1.29 is 24.2 Å². The van der Waals surface area contributed by atoms with Crippen LogP contribution >= 0.6 is 23.2 Å². The third-order valence-electron chi connectivity index (χ3n) is 7.16. The predicted octanol–water partition coefficient (Wildman–Crippen LogP) is 6.25. The van der Waals surface area contributed by atoms with Gasteiger partial charge in [-0.25, -0.2) is 0 Å². The van der Waals surface area contributed by atoms with Gasteiger partial charge < -0.3 is 24.5 Å². The number of aromatic amines is 1. The number of Topliss-reactive ketones (excluding diaryl/α,β-unsaturated/α-hetero) is 1. The molecule has 1 aliphatic heterocycles. The van der Waals surface area contributed by atoms with Crippen LogP contribution in [0.25, 0.3) is 16.7 Å². The van der Waals surface area contributed by atoms with Crippen LogP contribution in [-0.2, 0) is 9.59 Å². The van der Waals surface area contributed by atoms with E-state index in [1.54, 1.807) is 11.1 Å². The van der Waals surface area contributed by atoms with Crippen LogP contribution in [0, 0.1) is 0 Å². The highest BCUT2D eigenvalue weighted by Crippen LogP contribution is 2.49. The third-order valence-corrected chi connectivity index (χ3v) is 7.78. The number of hydrogen-bond donors (Lipinski definition) is 2. The molecule has 188 valence electrons. The largest absolute Gasteiger partial charge is 0.507 e. The number of methoxy groups -OCH3 is 2. The van der Waals surface area contributed by atoms with Crippen molar-refractivity contribution >= 4 is 51.6 Å². The molecule has 5 rings (SSSR count). The Morgan fingerprint density at radius 2 is 1.75 bits per heavy atom. The van der Waals surface area contributed by atoms with Crippen LogP contribution < -0.4 is 9.47 Å². The van der Waals surface area contributed by atoms with Gasteiger partial charge in [-0.05, 0) is 25.0 Å². The maximum atomic E-state index is 13.6. The van der Waals surface area contributed by atoms with E-state index in [9.17, 15) is 14.7 Å². The molecule has 0 spiro atoms. The molecule has 1 saturated carbocycles. The smallest absolute Gasteiger partial charge is 0.295 e. The van der Waals surface area contributed by atoms with Gasteiger partial charge in [-0.3, -0.25) is 9.59 Å². The first kappa shape index (κ1) is 24.5. The number of ether oxygens (including phenoxy) is 2. The van der Waals surface area contributed by atoms with E-state index in [2.05, 4.69) is 4.98 Å². The van der Waals surface area contributed by atoms with E-state index in [1.807, 2.05) is 24.3 Å². The second-order valence-electron chi connectivity index (χ2n) is 9.07. The maximum absolute atomic E-state index is 13.6. The van der Waals surface area contributed by atoms with Crippen LogP contribution in [0.5, 0.6) is 11.5 Å². The number of nitrogens with one attached hydrogen (secondary N) is 1. The minimum Gasteiger partial charge on any atom is -0.507 e. The van der Waals surface area contributed by atoms with Gasteiger partial charge in [-0.15, -0.1) is 0 Å². The summed E-state index contributed by atoms with van der Waals surface area (Å²) in [6.45, 7) is 0. The van der Waals surface area contributed by atoms with Gasteiger partial charge in [0.05, 0.1) is 36.4 Å². The second-order valence-corrected chi connectivity index (χ2v) is 9.86. The number of H-pyrrole nitrogens is 1. The van der Waals surface area contributed by atoms with Crippen molar-refractivity contribution in [2.45, 2.75) is 44.2 Å². The highest BCUT2D eigenvalue weighted by Gasteiger charge is 2.50. The van der Waals surface area contributed by atoms with E-state index >= 15 is 0 Å². The van der Waals surface area contributed by atoms with Crippen LogP contribution in [0.1, 0.15) is 49.3 Å². The zero-order valence-electron chi connectivity index (χ0n) is 19.9.